The summed E-state index contributed by atoms with van der Waals surface area (Å²) in [6.45, 7) is 2.85. The second kappa shape index (κ2) is 7.47. The summed E-state index contributed by atoms with van der Waals surface area (Å²) in [7, 11) is 0. The molecule has 3 amide bonds. The summed E-state index contributed by atoms with van der Waals surface area (Å²) < 4.78 is 55.6. The van der Waals surface area contributed by atoms with Gasteiger partial charge in [-0.25, -0.2) is 14.1 Å². The van der Waals surface area contributed by atoms with E-state index in [2.05, 4.69) is 9.72 Å². The zero-order valence-electron chi connectivity index (χ0n) is 17.0. The van der Waals surface area contributed by atoms with Crippen LogP contribution in [0.1, 0.15) is 19.4 Å². The number of imide groups is 1. The molecule has 0 unspecified atom stereocenters. The number of nitrogens with zero attached hydrogens (tertiary/aromatic N) is 3. The number of benzene rings is 2. The number of halogens is 4. The molecule has 3 aromatic rings. The molecule has 0 N–H and O–H groups in total. The van der Waals surface area contributed by atoms with E-state index in [1.54, 1.807) is 24.3 Å². The first-order valence-corrected chi connectivity index (χ1v) is 9.53. The normalized spacial score (nSPS) is 16.2. The molecule has 32 heavy (non-hydrogen) atoms. The molecule has 0 aliphatic carbocycles. The standard InChI is InChI=1S/C22H17F4N3O3/c1-21(2)19(30)29(13-7-9-14(10-8-13)32-22(24,25)26)20(31)28(21)12-16-15-5-3-4-6-18(15)27-11-17(16)23/h3-11H,12H2,1-2H3. The number of aromatic nitrogens is 1. The minimum Gasteiger partial charge on any atom is -0.406 e. The molecule has 0 atom stereocenters. The maximum atomic E-state index is 14.6. The lowest BCUT2D eigenvalue weighted by atomic mass is 10.0. The Labute approximate surface area is 180 Å². The maximum Gasteiger partial charge on any atom is 0.573 e. The van der Waals surface area contributed by atoms with Gasteiger partial charge < -0.3 is 9.64 Å². The van der Waals surface area contributed by atoms with Gasteiger partial charge in [0.15, 0.2) is 0 Å². The van der Waals surface area contributed by atoms with E-state index < -0.39 is 35.4 Å². The van der Waals surface area contributed by atoms with E-state index in [1.165, 1.54) is 30.9 Å². The summed E-state index contributed by atoms with van der Waals surface area (Å²) in [5.41, 5.74) is -0.503. The summed E-state index contributed by atoms with van der Waals surface area (Å²) in [5.74, 6) is -1.70. The summed E-state index contributed by atoms with van der Waals surface area (Å²) in [6, 6.07) is 10.5. The molecule has 0 radical (unpaired) electrons. The average Bonchev–Trinajstić information content (AvgIpc) is 2.89. The zero-order chi connectivity index (χ0) is 23.3. The molecule has 1 fully saturated rings. The van der Waals surface area contributed by atoms with Crippen molar-refractivity contribution in [1.82, 2.24) is 9.88 Å². The fourth-order valence-corrected chi connectivity index (χ4v) is 3.62. The molecule has 1 aromatic heterocycles. The average molecular weight is 447 g/mol. The minimum atomic E-state index is -4.86. The Balaban J connectivity index is 1.67. The van der Waals surface area contributed by atoms with Gasteiger partial charge in [-0.1, -0.05) is 18.2 Å². The molecular weight excluding hydrogens is 430 g/mol. The highest BCUT2D eigenvalue weighted by Gasteiger charge is 2.52. The molecule has 0 spiro atoms. The summed E-state index contributed by atoms with van der Waals surface area (Å²) in [4.78, 5) is 32.3. The summed E-state index contributed by atoms with van der Waals surface area (Å²) in [5, 5.41) is 0.510. The van der Waals surface area contributed by atoms with Crippen molar-refractivity contribution in [2.24, 2.45) is 0 Å². The van der Waals surface area contributed by atoms with E-state index in [9.17, 15) is 27.2 Å². The fraction of sp³-hybridized carbons (Fsp3) is 0.227. The van der Waals surface area contributed by atoms with Gasteiger partial charge >= 0.3 is 12.4 Å². The zero-order valence-corrected chi connectivity index (χ0v) is 17.0. The number of amides is 3. The molecular formula is C22H17F4N3O3. The van der Waals surface area contributed by atoms with Gasteiger partial charge in [0.25, 0.3) is 5.91 Å². The topological polar surface area (TPSA) is 62.7 Å². The lowest BCUT2D eigenvalue weighted by Crippen LogP contribution is -2.43. The van der Waals surface area contributed by atoms with Gasteiger partial charge in [-0.2, -0.15) is 0 Å². The third-order valence-corrected chi connectivity index (χ3v) is 5.30. The Morgan fingerprint density at radius 2 is 1.69 bits per heavy atom. The Hall–Kier alpha value is -3.69. The van der Waals surface area contributed by atoms with Gasteiger partial charge in [-0.05, 0) is 44.2 Å². The molecule has 6 nitrogen and oxygen atoms in total. The number of anilines is 1. The van der Waals surface area contributed by atoms with Crippen LogP contribution in [0.4, 0.5) is 28.0 Å². The monoisotopic (exact) mass is 447 g/mol. The third kappa shape index (κ3) is 3.72. The van der Waals surface area contributed by atoms with Crippen LogP contribution in [0.3, 0.4) is 0 Å². The Kier molecular flexibility index (Phi) is 5.03. The van der Waals surface area contributed by atoms with Crippen molar-refractivity contribution >= 4 is 28.5 Å². The molecule has 0 saturated carbocycles. The van der Waals surface area contributed by atoms with E-state index in [0.29, 0.717) is 10.9 Å². The first kappa shape index (κ1) is 21.5. The lowest BCUT2D eigenvalue weighted by molar-refractivity contribution is -0.274. The van der Waals surface area contributed by atoms with Gasteiger partial charge in [0, 0.05) is 10.9 Å². The highest BCUT2D eigenvalue weighted by molar-refractivity contribution is 6.23. The van der Waals surface area contributed by atoms with Crippen molar-refractivity contribution in [1.29, 1.82) is 0 Å². The Morgan fingerprint density at radius 1 is 1.03 bits per heavy atom. The number of carbonyl (C=O) groups excluding carboxylic acids is 2. The molecule has 1 aliphatic rings. The highest BCUT2D eigenvalue weighted by Crippen LogP contribution is 2.35. The van der Waals surface area contributed by atoms with Crippen molar-refractivity contribution in [3.05, 3.63) is 66.1 Å². The number of pyridine rings is 1. The minimum absolute atomic E-state index is 0.0742. The second-order valence-electron chi connectivity index (χ2n) is 7.71. The van der Waals surface area contributed by atoms with Crippen LogP contribution >= 0.6 is 0 Å². The summed E-state index contributed by atoms with van der Waals surface area (Å²) >= 11 is 0. The van der Waals surface area contributed by atoms with Crippen molar-refractivity contribution in [3.63, 3.8) is 0 Å². The van der Waals surface area contributed by atoms with Gasteiger partial charge in [-0.3, -0.25) is 9.78 Å². The molecule has 1 aliphatic heterocycles. The SMILES string of the molecule is CC1(C)C(=O)N(c2ccc(OC(F)(F)F)cc2)C(=O)N1Cc1c(F)cnc2ccccc12. The number of ether oxygens (including phenoxy) is 1. The van der Waals surface area contributed by atoms with Gasteiger partial charge in [0.2, 0.25) is 0 Å². The van der Waals surface area contributed by atoms with Crippen LogP contribution in [0.2, 0.25) is 0 Å². The first-order valence-electron chi connectivity index (χ1n) is 9.53. The molecule has 4 rings (SSSR count). The highest BCUT2D eigenvalue weighted by atomic mass is 19.4. The van der Waals surface area contributed by atoms with Crippen molar-refractivity contribution in [2.75, 3.05) is 4.90 Å². The summed E-state index contributed by atoms with van der Waals surface area (Å²) in [6.07, 6.45) is -3.80. The third-order valence-electron chi connectivity index (χ3n) is 5.30. The number of alkyl halides is 3. The van der Waals surface area contributed by atoms with E-state index in [0.717, 1.165) is 23.2 Å². The fourth-order valence-electron chi connectivity index (χ4n) is 3.62. The van der Waals surface area contributed by atoms with Crippen LogP contribution in [-0.2, 0) is 11.3 Å². The van der Waals surface area contributed by atoms with Crippen LogP contribution in [0, 0.1) is 5.82 Å². The van der Waals surface area contributed by atoms with Crippen LogP contribution < -0.4 is 9.64 Å². The van der Waals surface area contributed by atoms with Crippen LogP contribution in [0.25, 0.3) is 10.9 Å². The number of hydrogen-bond donors (Lipinski definition) is 0. The second-order valence-corrected chi connectivity index (χ2v) is 7.71. The number of rotatable bonds is 4. The number of fused-ring (bicyclic) bond motifs is 1. The quantitative estimate of drug-likeness (QED) is 0.416. The van der Waals surface area contributed by atoms with Crippen molar-refractivity contribution < 1.29 is 31.9 Å². The smallest absolute Gasteiger partial charge is 0.406 e. The van der Waals surface area contributed by atoms with Gasteiger partial charge in [0.1, 0.15) is 17.1 Å². The van der Waals surface area contributed by atoms with Gasteiger partial charge in [0.05, 0.1) is 23.9 Å². The number of urea groups is 1. The molecule has 1 saturated heterocycles. The predicted molar refractivity (Wildman–Crippen MR) is 107 cm³/mol. The van der Waals surface area contributed by atoms with Crippen LogP contribution in [-0.4, -0.2) is 33.7 Å². The molecule has 0 bridgehead atoms. The molecule has 2 aromatic carbocycles. The van der Waals surface area contributed by atoms with Crippen molar-refractivity contribution in [3.8, 4) is 5.75 Å². The predicted octanol–water partition coefficient (Wildman–Crippen LogP) is 5.02. The van der Waals surface area contributed by atoms with E-state index in [1.807, 2.05) is 0 Å². The number of hydrogen-bond acceptors (Lipinski definition) is 4. The molecule has 166 valence electrons. The Morgan fingerprint density at radius 3 is 2.34 bits per heavy atom. The van der Waals surface area contributed by atoms with Crippen LogP contribution in [0.5, 0.6) is 5.75 Å². The Bertz CT molecular complexity index is 1210. The number of para-hydroxylation sites is 1. The largest absolute Gasteiger partial charge is 0.573 e. The van der Waals surface area contributed by atoms with E-state index in [4.69, 9.17) is 0 Å². The van der Waals surface area contributed by atoms with Crippen molar-refractivity contribution in [2.45, 2.75) is 32.3 Å². The maximum absolute atomic E-state index is 14.6. The molecule has 10 heteroatoms. The van der Waals surface area contributed by atoms with Crippen LogP contribution in [0.15, 0.2) is 54.7 Å². The van der Waals surface area contributed by atoms with Gasteiger partial charge in [-0.15, -0.1) is 13.2 Å². The molecule has 2 heterocycles. The van der Waals surface area contributed by atoms with E-state index in [-0.39, 0.29) is 17.8 Å². The first-order chi connectivity index (χ1) is 15.0. The van der Waals surface area contributed by atoms with E-state index >= 15 is 0 Å². The lowest BCUT2D eigenvalue weighted by Gasteiger charge is -2.28. The number of carbonyl (C=O) groups is 2.